The van der Waals surface area contributed by atoms with Crippen LogP contribution in [0.3, 0.4) is 0 Å². The summed E-state index contributed by atoms with van der Waals surface area (Å²) in [5.74, 6) is 1.53. The van der Waals surface area contributed by atoms with E-state index in [1.807, 2.05) is 20.2 Å². The van der Waals surface area contributed by atoms with Crippen molar-refractivity contribution in [3.8, 4) is 0 Å². The molecule has 0 radical (unpaired) electrons. The van der Waals surface area contributed by atoms with Gasteiger partial charge >= 0.3 is 0 Å². The van der Waals surface area contributed by atoms with E-state index in [2.05, 4.69) is 38.8 Å². The first-order chi connectivity index (χ1) is 6.56. The van der Waals surface area contributed by atoms with Crippen LogP contribution < -0.4 is 4.90 Å². The standard InChI is InChI=1S/C10H14BrClN2/c1-7-4-9(11)10(13-6-7)14(3)8(2)5-12/h4,6,8H,5H2,1-3H3. The number of aryl methyl sites for hydroxylation is 1. The first-order valence-electron chi connectivity index (χ1n) is 4.47. The van der Waals surface area contributed by atoms with E-state index in [9.17, 15) is 0 Å². The number of rotatable bonds is 3. The van der Waals surface area contributed by atoms with Gasteiger partial charge in [0, 0.05) is 25.2 Å². The Balaban J connectivity index is 2.95. The molecule has 0 aliphatic heterocycles. The third-order valence-corrected chi connectivity index (χ3v) is 3.21. The predicted octanol–water partition coefficient (Wildman–Crippen LogP) is 3.22. The first kappa shape index (κ1) is 11.8. The molecule has 1 unspecified atom stereocenters. The van der Waals surface area contributed by atoms with Crippen molar-refractivity contribution in [1.29, 1.82) is 0 Å². The molecule has 1 rings (SSSR count). The molecule has 78 valence electrons. The van der Waals surface area contributed by atoms with Gasteiger partial charge in [-0.3, -0.25) is 0 Å². The lowest BCUT2D eigenvalue weighted by molar-refractivity contribution is 0.747. The Morgan fingerprint density at radius 2 is 2.29 bits per heavy atom. The fraction of sp³-hybridized carbons (Fsp3) is 0.500. The second-order valence-corrected chi connectivity index (χ2v) is 4.60. The zero-order valence-corrected chi connectivity index (χ0v) is 10.9. The van der Waals surface area contributed by atoms with Gasteiger partial charge in [-0.1, -0.05) is 0 Å². The summed E-state index contributed by atoms with van der Waals surface area (Å²) in [4.78, 5) is 6.43. The maximum atomic E-state index is 5.80. The van der Waals surface area contributed by atoms with Gasteiger partial charge in [0.05, 0.1) is 4.47 Å². The van der Waals surface area contributed by atoms with Crippen LogP contribution in [0.4, 0.5) is 5.82 Å². The minimum Gasteiger partial charge on any atom is -0.355 e. The van der Waals surface area contributed by atoms with Gasteiger partial charge in [-0.15, -0.1) is 11.6 Å². The molecule has 0 aliphatic carbocycles. The number of hydrogen-bond acceptors (Lipinski definition) is 2. The molecule has 0 aliphatic rings. The molecule has 0 N–H and O–H groups in total. The van der Waals surface area contributed by atoms with Crippen LogP contribution in [0.2, 0.25) is 0 Å². The van der Waals surface area contributed by atoms with Crippen molar-refractivity contribution in [2.75, 3.05) is 17.8 Å². The molecule has 0 aromatic carbocycles. The van der Waals surface area contributed by atoms with Crippen LogP contribution in [0.15, 0.2) is 16.7 Å². The lowest BCUT2D eigenvalue weighted by atomic mass is 10.3. The summed E-state index contributed by atoms with van der Waals surface area (Å²) in [5.41, 5.74) is 1.15. The van der Waals surface area contributed by atoms with Crippen LogP contribution in [0.1, 0.15) is 12.5 Å². The number of anilines is 1. The molecule has 0 fully saturated rings. The lowest BCUT2D eigenvalue weighted by Gasteiger charge is -2.25. The molecule has 0 saturated carbocycles. The smallest absolute Gasteiger partial charge is 0.142 e. The van der Waals surface area contributed by atoms with E-state index in [-0.39, 0.29) is 6.04 Å². The maximum Gasteiger partial charge on any atom is 0.142 e. The summed E-state index contributed by atoms with van der Waals surface area (Å²) >= 11 is 9.29. The van der Waals surface area contributed by atoms with Gasteiger partial charge in [0.2, 0.25) is 0 Å². The van der Waals surface area contributed by atoms with Gasteiger partial charge in [0.15, 0.2) is 0 Å². The Labute approximate surface area is 98.4 Å². The molecule has 0 saturated heterocycles. The Morgan fingerprint density at radius 3 is 2.79 bits per heavy atom. The largest absolute Gasteiger partial charge is 0.355 e. The van der Waals surface area contributed by atoms with Crippen molar-refractivity contribution in [2.24, 2.45) is 0 Å². The summed E-state index contributed by atoms with van der Waals surface area (Å²) in [6, 6.07) is 2.34. The van der Waals surface area contributed by atoms with Crippen molar-refractivity contribution in [2.45, 2.75) is 19.9 Å². The third-order valence-electron chi connectivity index (χ3n) is 2.18. The average molecular weight is 278 g/mol. The second kappa shape index (κ2) is 4.99. The molecule has 0 spiro atoms. The number of alkyl halides is 1. The van der Waals surface area contributed by atoms with Crippen LogP contribution in [-0.4, -0.2) is 24.0 Å². The van der Waals surface area contributed by atoms with Gasteiger partial charge in [-0.25, -0.2) is 4.98 Å². The fourth-order valence-corrected chi connectivity index (χ4v) is 2.05. The van der Waals surface area contributed by atoms with E-state index in [0.29, 0.717) is 5.88 Å². The van der Waals surface area contributed by atoms with E-state index in [4.69, 9.17) is 11.6 Å². The highest BCUT2D eigenvalue weighted by Crippen LogP contribution is 2.24. The van der Waals surface area contributed by atoms with Crippen LogP contribution in [0, 0.1) is 6.92 Å². The molecule has 0 bridgehead atoms. The number of halogens is 2. The lowest BCUT2D eigenvalue weighted by Crippen LogP contribution is -2.31. The van der Waals surface area contributed by atoms with Crippen LogP contribution >= 0.6 is 27.5 Å². The van der Waals surface area contributed by atoms with Gasteiger partial charge in [0.1, 0.15) is 5.82 Å². The van der Waals surface area contributed by atoms with E-state index in [1.165, 1.54) is 0 Å². The normalized spacial score (nSPS) is 12.6. The number of aromatic nitrogens is 1. The van der Waals surface area contributed by atoms with Crippen molar-refractivity contribution in [3.05, 3.63) is 22.3 Å². The topological polar surface area (TPSA) is 16.1 Å². The molecular weight excluding hydrogens is 263 g/mol. The number of nitrogens with zero attached hydrogens (tertiary/aromatic N) is 2. The fourth-order valence-electron chi connectivity index (χ4n) is 1.10. The summed E-state index contributed by atoms with van der Waals surface area (Å²) in [6.07, 6.45) is 1.86. The zero-order chi connectivity index (χ0) is 10.7. The van der Waals surface area contributed by atoms with Gasteiger partial charge in [-0.2, -0.15) is 0 Å². The number of pyridine rings is 1. The molecule has 0 amide bonds. The third kappa shape index (κ3) is 2.61. The minimum atomic E-state index is 0.281. The van der Waals surface area contributed by atoms with E-state index < -0.39 is 0 Å². The summed E-state index contributed by atoms with van der Waals surface area (Å²) < 4.78 is 1.01. The first-order valence-corrected chi connectivity index (χ1v) is 5.80. The van der Waals surface area contributed by atoms with Crippen molar-refractivity contribution >= 4 is 33.3 Å². The Bertz CT molecular complexity index is 317. The van der Waals surface area contributed by atoms with Crippen molar-refractivity contribution in [3.63, 3.8) is 0 Å². The molecule has 4 heteroatoms. The van der Waals surface area contributed by atoms with E-state index >= 15 is 0 Å². The van der Waals surface area contributed by atoms with Crippen molar-refractivity contribution < 1.29 is 0 Å². The van der Waals surface area contributed by atoms with Crippen LogP contribution in [0.5, 0.6) is 0 Å². The summed E-state index contributed by atoms with van der Waals surface area (Å²) in [6.45, 7) is 4.09. The molecule has 1 atom stereocenters. The van der Waals surface area contributed by atoms with E-state index in [0.717, 1.165) is 15.9 Å². The van der Waals surface area contributed by atoms with Crippen LogP contribution in [-0.2, 0) is 0 Å². The molecule has 1 aromatic rings. The quantitative estimate of drug-likeness (QED) is 0.789. The minimum absolute atomic E-state index is 0.281. The highest BCUT2D eigenvalue weighted by Gasteiger charge is 2.12. The number of hydrogen-bond donors (Lipinski definition) is 0. The Morgan fingerprint density at radius 1 is 1.64 bits per heavy atom. The average Bonchev–Trinajstić information content (AvgIpc) is 2.15. The monoisotopic (exact) mass is 276 g/mol. The highest BCUT2D eigenvalue weighted by atomic mass is 79.9. The van der Waals surface area contributed by atoms with Crippen molar-refractivity contribution in [1.82, 2.24) is 4.98 Å². The van der Waals surface area contributed by atoms with E-state index in [1.54, 1.807) is 0 Å². The molecule has 1 heterocycles. The van der Waals surface area contributed by atoms with Crippen LogP contribution in [0.25, 0.3) is 0 Å². The molecule has 14 heavy (non-hydrogen) atoms. The highest BCUT2D eigenvalue weighted by molar-refractivity contribution is 9.10. The second-order valence-electron chi connectivity index (χ2n) is 3.43. The predicted molar refractivity (Wildman–Crippen MR) is 65.3 cm³/mol. The molecule has 1 aromatic heterocycles. The molecule has 2 nitrogen and oxygen atoms in total. The molecular formula is C10H14BrClN2. The SMILES string of the molecule is Cc1cnc(N(C)C(C)CCl)c(Br)c1. The maximum absolute atomic E-state index is 5.80. The van der Waals surface area contributed by atoms with Gasteiger partial charge < -0.3 is 4.90 Å². The summed E-state index contributed by atoms with van der Waals surface area (Å²) in [7, 11) is 2.00. The van der Waals surface area contributed by atoms with Gasteiger partial charge in [-0.05, 0) is 41.4 Å². The summed E-state index contributed by atoms with van der Waals surface area (Å²) in [5, 5.41) is 0. The van der Waals surface area contributed by atoms with Gasteiger partial charge in [0.25, 0.3) is 0 Å². The zero-order valence-electron chi connectivity index (χ0n) is 8.59. The Kier molecular flexibility index (Phi) is 4.20. The Hall–Kier alpha value is -0.280.